The quantitative estimate of drug-likeness (QED) is 0.640. The molecule has 1 unspecified atom stereocenters. The van der Waals surface area contributed by atoms with E-state index in [2.05, 4.69) is 10.1 Å². The largest absolute Gasteiger partial charge is 0.387 e. The van der Waals surface area contributed by atoms with Crippen LogP contribution in [0.3, 0.4) is 0 Å². The summed E-state index contributed by atoms with van der Waals surface area (Å²) in [6, 6.07) is 20.0. The molecule has 0 fully saturated rings. The molecule has 0 amide bonds. The summed E-state index contributed by atoms with van der Waals surface area (Å²) in [5, 5.41) is 5.75. The van der Waals surface area contributed by atoms with Crippen molar-refractivity contribution in [2.75, 3.05) is 0 Å². The number of pyridine rings is 1. The second-order valence-corrected chi connectivity index (χ2v) is 5.62. The lowest BCUT2D eigenvalue weighted by atomic mass is 10.0. The molecule has 1 aliphatic heterocycles. The first-order valence-electron chi connectivity index (χ1n) is 7.14. The van der Waals surface area contributed by atoms with Crippen molar-refractivity contribution in [3.63, 3.8) is 0 Å². The second-order valence-electron chi connectivity index (χ2n) is 5.26. The van der Waals surface area contributed by atoms with E-state index in [0.717, 1.165) is 27.7 Å². The zero-order chi connectivity index (χ0) is 14.9. The fraction of sp³-hybridized carbons (Fsp3) is 0.111. The van der Waals surface area contributed by atoms with E-state index in [-0.39, 0.29) is 6.10 Å². The van der Waals surface area contributed by atoms with Crippen LogP contribution < -0.4 is 0 Å². The molecule has 1 atom stereocenters. The molecule has 2 aromatic carbocycles. The van der Waals surface area contributed by atoms with Gasteiger partial charge in [-0.3, -0.25) is 0 Å². The fourth-order valence-electron chi connectivity index (χ4n) is 2.68. The Kier molecular flexibility index (Phi) is 3.28. The van der Waals surface area contributed by atoms with E-state index in [9.17, 15) is 0 Å². The van der Waals surface area contributed by atoms with Crippen molar-refractivity contribution < 1.29 is 4.84 Å². The molecule has 0 saturated carbocycles. The summed E-state index contributed by atoms with van der Waals surface area (Å²) in [7, 11) is 0. The van der Waals surface area contributed by atoms with Gasteiger partial charge in [-0.15, -0.1) is 0 Å². The van der Waals surface area contributed by atoms with Crippen molar-refractivity contribution in [2.45, 2.75) is 12.5 Å². The maximum Gasteiger partial charge on any atom is 0.161 e. The number of hydrogen-bond donors (Lipinski definition) is 0. The van der Waals surface area contributed by atoms with Gasteiger partial charge >= 0.3 is 0 Å². The third-order valence-electron chi connectivity index (χ3n) is 3.83. The average molecular weight is 309 g/mol. The van der Waals surface area contributed by atoms with Gasteiger partial charge in [-0.25, -0.2) is 4.98 Å². The molecule has 1 aromatic heterocycles. The van der Waals surface area contributed by atoms with E-state index >= 15 is 0 Å². The van der Waals surface area contributed by atoms with Crippen LogP contribution in [0.1, 0.15) is 23.7 Å². The second kappa shape index (κ2) is 5.43. The normalized spacial score (nSPS) is 17.3. The van der Waals surface area contributed by atoms with Crippen molar-refractivity contribution in [1.29, 1.82) is 0 Å². The van der Waals surface area contributed by atoms with Gasteiger partial charge in [-0.05, 0) is 17.7 Å². The number of aromatic nitrogens is 1. The molecular formula is C18H13ClN2O. The smallest absolute Gasteiger partial charge is 0.161 e. The van der Waals surface area contributed by atoms with Gasteiger partial charge in [0.2, 0.25) is 0 Å². The third kappa shape index (κ3) is 2.34. The number of oxime groups is 1. The van der Waals surface area contributed by atoms with Gasteiger partial charge < -0.3 is 4.84 Å². The first-order valence-corrected chi connectivity index (χ1v) is 7.52. The van der Waals surface area contributed by atoms with Crippen molar-refractivity contribution in [2.24, 2.45) is 5.16 Å². The maximum absolute atomic E-state index is 6.33. The minimum atomic E-state index is -0.181. The molecule has 22 heavy (non-hydrogen) atoms. The van der Waals surface area contributed by atoms with Crippen LogP contribution in [0.5, 0.6) is 0 Å². The maximum atomic E-state index is 6.33. The van der Waals surface area contributed by atoms with Crippen LogP contribution in [0.4, 0.5) is 0 Å². The molecule has 3 aromatic rings. The highest BCUT2D eigenvalue weighted by atomic mass is 35.5. The fourth-order valence-corrected chi connectivity index (χ4v) is 2.95. The first-order chi connectivity index (χ1) is 10.8. The number of rotatable bonds is 2. The lowest BCUT2D eigenvalue weighted by Gasteiger charge is -2.11. The SMILES string of the molecule is Clc1nc2ccccc2cc1C1CC(c2ccccc2)=NO1. The molecule has 4 rings (SSSR count). The molecule has 4 heteroatoms. The molecule has 0 N–H and O–H groups in total. The van der Waals surface area contributed by atoms with E-state index in [0.29, 0.717) is 11.6 Å². The summed E-state index contributed by atoms with van der Waals surface area (Å²) in [6.45, 7) is 0. The molecule has 0 bridgehead atoms. The van der Waals surface area contributed by atoms with Crippen molar-refractivity contribution in [3.8, 4) is 0 Å². The molecule has 0 saturated heterocycles. The van der Waals surface area contributed by atoms with Crippen LogP contribution >= 0.6 is 11.6 Å². The summed E-state index contributed by atoms with van der Waals surface area (Å²) < 4.78 is 0. The minimum Gasteiger partial charge on any atom is -0.387 e. The number of para-hydroxylation sites is 1. The summed E-state index contributed by atoms with van der Waals surface area (Å²) in [4.78, 5) is 10.1. The summed E-state index contributed by atoms with van der Waals surface area (Å²) in [6.07, 6.45) is 0.517. The van der Waals surface area contributed by atoms with Gasteiger partial charge in [0.15, 0.2) is 6.10 Å². The molecule has 0 spiro atoms. The molecule has 0 aliphatic carbocycles. The van der Waals surface area contributed by atoms with Crippen LogP contribution in [-0.4, -0.2) is 10.7 Å². The number of nitrogens with zero attached hydrogens (tertiary/aromatic N) is 2. The summed E-state index contributed by atoms with van der Waals surface area (Å²) in [5.41, 5.74) is 3.79. The Hall–Kier alpha value is -2.39. The van der Waals surface area contributed by atoms with Gasteiger partial charge in [0.05, 0.1) is 11.2 Å². The monoisotopic (exact) mass is 308 g/mol. The Morgan fingerprint density at radius 2 is 1.77 bits per heavy atom. The van der Waals surface area contributed by atoms with E-state index in [4.69, 9.17) is 16.4 Å². The molecular weight excluding hydrogens is 296 g/mol. The Bertz CT molecular complexity index is 861. The van der Waals surface area contributed by atoms with E-state index in [1.165, 1.54) is 0 Å². The van der Waals surface area contributed by atoms with Crippen LogP contribution in [0.25, 0.3) is 10.9 Å². The van der Waals surface area contributed by atoms with Gasteiger partial charge in [0, 0.05) is 17.4 Å². The average Bonchev–Trinajstić information content (AvgIpc) is 3.05. The van der Waals surface area contributed by atoms with Crippen molar-refractivity contribution in [1.82, 2.24) is 4.98 Å². The van der Waals surface area contributed by atoms with Crippen LogP contribution in [-0.2, 0) is 4.84 Å². The summed E-state index contributed by atoms with van der Waals surface area (Å²) in [5.74, 6) is 0. The molecule has 1 aliphatic rings. The van der Waals surface area contributed by atoms with Crippen LogP contribution in [0.2, 0.25) is 5.15 Å². The Labute approximate surface area is 133 Å². The Morgan fingerprint density at radius 3 is 2.64 bits per heavy atom. The number of fused-ring (bicyclic) bond motifs is 1. The van der Waals surface area contributed by atoms with E-state index < -0.39 is 0 Å². The zero-order valence-corrected chi connectivity index (χ0v) is 12.5. The highest BCUT2D eigenvalue weighted by Gasteiger charge is 2.26. The molecule has 3 nitrogen and oxygen atoms in total. The number of halogens is 1. The van der Waals surface area contributed by atoms with E-state index in [1.54, 1.807) is 0 Å². The summed E-state index contributed by atoms with van der Waals surface area (Å²) >= 11 is 6.33. The highest BCUT2D eigenvalue weighted by molar-refractivity contribution is 6.30. The van der Waals surface area contributed by atoms with Gasteiger partial charge in [-0.1, -0.05) is 65.3 Å². The predicted molar refractivity (Wildman–Crippen MR) is 88.2 cm³/mol. The zero-order valence-electron chi connectivity index (χ0n) is 11.7. The van der Waals surface area contributed by atoms with Crippen LogP contribution in [0.15, 0.2) is 65.8 Å². The molecule has 2 heterocycles. The predicted octanol–water partition coefficient (Wildman–Crippen LogP) is 4.75. The highest BCUT2D eigenvalue weighted by Crippen LogP contribution is 2.34. The lowest BCUT2D eigenvalue weighted by Crippen LogP contribution is -2.03. The number of benzene rings is 2. The lowest BCUT2D eigenvalue weighted by molar-refractivity contribution is 0.0857. The molecule has 0 radical (unpaired) electrons. The first kappa shape index (κ1) is 13.3. The minimum absolute atomic E-state index is 0.181. The standard InChI is InChI=1S/C18H13ClN2O/c19-18-14(10-13-8-4-5-9-15(13)20-18)17-11-16(21-22-17)12-6-2-1-3-7-12/h1-10,17H,11H2. The third-order valence-corrected chi connectivity index (χ3v) is 4.13. The Balaban J connectivity index is 1.66. The number of hydrogen-bond acceptors (Lipinski definition) is 3. The van der Waals surface area contributed by atoms with Gasteiger partial charge in [0.25, 0.3) is 0 Å². The Morgan fingerprint density at radius 1 is 1.00 bits per heavy atom. The van der Waals surface area contributed by atoms with Crippen LogP contribution in [0, 0.1) is 0 Å². The van der Waals surface area contributed by atoms with Gasteiger partial charge in [-0.2, -0.15) is 0 Å². The van der Waals surface area contributed by atoms with E-state index in [1.807, 2.05) is 60.7 Å². The molecule has 108 valence electrons. The van der Waals surface area contributed by atoms with Gasteiger partial charge in [0.1, 0.15) is 5.15 Å². The van der Waals surface area contributed by atoms with Crippen molar-refractivity contribution >= 4 is 28.2 Å². The van der Waals surface area contributed by atoms with Crippen molar-refractivity contribution in [3.05, 3.63) is 76.9 Å². The topological polar surface area (TPSA) is 34.5 Å².